The normalized spacial score (nSPS) is 10.4. The number of nitrogens with one attached hydrogen (secondary N) is 2. The molecule has 0 saturated heterocycles. The zero-order chi connectivity index (χ0) is 17.7. The van der Waals surface area contributed by atoms with Crippen LogP contribution < -0.4 is 15.4 Å². The predicted molar refractivity (Wildman–Crippen MR) is 100 cm³/mol. The number of hydrogen-bond donors (Lipinski definition) is 2. The third-order valence-corrected chi connectivity index (χ3v) is 4.07. The number of methoxy groups -OCH3 is 1. The van der Waals surface area contributed by atoms with E-state index >= 15 is 0 Å². The number of amides is 1. The quantitative estimate of drug-likeness (QED) is 0.796. The molecule has 0 spiro atoms. The molecule has 2 aromatic carbocycles. The van der Waals surface area contributed by atoms with Crippen LogP contribution in [0.3, 0.4) is 0 Å². The van der Waals surface area contributed by atoms with Crippen LogP contribution in [0.2, 0.25) is 5.02 Å². The lowest BCUT2D eigenvalue weighted by molar-refractivity contribution is -0.115. The molecule has 0 aliphatic carbocycles. The molecule has 0 bridgehead atoms. The van der Waals surface area contributed by atoms with Crippen molar-refractivity contribution in [3.63, 3.8) is 0 Å². The van der Waals surface area contributed by atoms with Crippen molar-refractivity contribution in [2.75, 3.05) is 24.3 Å². The lowest BCUT2D eigenvalue weighted by atomic mass is 10.1. The van der Waals surface area contributed by atoms with E-state index in [1.807, 2.05) is 19.9 Å². The molecule has 2 rings (SSSR count). The molecule has 5 heteroatoms. The van der Waals surface area contributed by atoms with Crippen LogP contribution in [-0.4, -0.2) is 19.6 Å². The van der Waals surface area contributed by atoms with Crippen LogP contribution in [0.1, 0.15) is 23.1 Å². The minimum Gasteiger partial charge on any atom is -0.495 e. The van der Waals surface area contributed by atoms with Crippen LogP contribution >= 0.6 is 11.6 Å². The fourth-order valence-electron chi connectivity index (χ4n) is 2.68. The fourth-order valence-corrected chi connectivity index (χ4v) is 2.93. The molecule has 0 fully saturated rings. The van der Waals surface area contributed by atoms with E-state index in [9.17, 15) is 4.79 Å². The van der Waals surface area contributed by atoms with Gasteiger partial charge in [-0.1, -0.05) is 29.3 Å². The molecule has 1 amide bonds. The van der Waals surface area contributed by atoms with E-state index in [0.29, 0.717) is 23.7 Å². The van der Waals surface area contributed by atoms with Crippen molar-refractivity contribution in [3.05, 3.63) is 52.0 Å². The summed E-state index contributed by atoms with van der Waals surface area (Å²) >= 11 is 6.08. The summed E-state index contributed by atoms with van der Waals surface area (Å²) in [4.78, 5) is 12.2. The average Bonchev–Trinajstić information content (AvgIpc) is 2.51. The number of halogens is 1. The molecule has 0 unspecified atom stereocenters. The summed E-state index contributed by atoms with van der Waals surface area (Å²) in [6.45, 7) is 6.59. The van der Waals surface area contributed by atoms with Gasteiger partial charge in [-0.15, -0.1) is 0 Å². The summed E-state index contributed by atoms with van der Waals surface area (Å²) < 4.78 is 5.12. The molecule has 0 saturated carbocycles. The maximum atomic E-state index is 12.2. The summed E-state index contributed by atoms with van der Waals surface area (Å²) in [6.07, 6.45) is 0.371. The van der Waals surface area contributed by atoms with Gasteiger partial charge in [0.05, 0.1) is 12.1 Å². The van der Waals surface area contributed by atoms with Crippen LogP contribution in [-0.2, 0) is 4.79 Å². The first-order valence-electron chi connectivity index (χ1n) is 7.86. The number of anilines is 2. The lowest BCUT2D eigenvalue weighted by Crippen LogP contribution is -2.17. The Morgan fingerprint density at radius 2 is 1.79 bits per heavy atom. The number of aryl methyl sites for hydroxylation is 3. The predicted octanol–water partition coefficient (Wildman–Crippen LogP) is 4.71. The molecule has 2 N–H and O–H groups in total. The molecule has 4 nitrogen and oxygen atoms in total. The first kappa shape index (κ1) is 18.1. The van der Waals surface area contributed by atoms with E-state index in [1.165, 1.54) is 5.56 Å². The van der Waals surface area contributed by atoms with E-state index in [4.69, 9.17) is 16.3 Å². The maximum absolute atomic E-state index is 12.2. The Morgan fingerprint density at radius 1 is 1.12 bits per heavy atom. The first-order chi connectivity index (χ1) is 11.4. The standard InChI is InChI=1S/C19H23ClN2O2/c1-12-9-13(2)19(14(3)10-12)22-18(23)7-8-21-15-5-6-17(24-4)16(20)11-15/h5-6,9-11,21H,7-8H2,1-4H3,(H,22,23). The second-order valence-corrected chi connectivity index (χ2v) is 6.26. The number of carbonyl (C=O) groups excluding carboxylic acids is 1. The number of hydrogen-bond acceptors (Lipinski definition) is 3. The summed E-state index contributed by atoms with van der Waals surface area (Å²) in [5, 5.41) is 6.73. The van der Waals surface area contributed by atoms with Crippen LogP contribution in [0.15, 0.2) is 30.3 Å². The molecule has 0 radical (unpaired) electrons. The van der Waals surface area contributed by atoms with Gasteiger partial charge in [0.1, 0.15) is 5.75 Å². The second kappa shape index (κ2) is 8.06. The van der Waals surface area contributed by atoms with Crippen molar-refractivity contribution in [2.24, 2.45) is 0 Å². The van der Waals surface area contributed by atoms with Crippen molar-refractivity contribution in [1.29, 1.82) is 0 Å². The van der Waals surface area contributed by atoms with Crippen LogP contribution in [0.5, 0.6) is 5.75 Å². The Labute approximate surface area is 148 Å². The first-order valence-corrected chi connectivity index (χ1v) is 8.23. The largest absolute Gasteiger partial charge is 0.495 e. The van der Waals surface area contributed by atoms with Gasteiger partial charge in [0, 0.05) is 24.3 Å². The van der Waals surface area contributed by atoms with E-state index in [2.05, 4.69) is 29.7 Å². The number of ether oxygens (including phenoxy) is 1. The summed E-state index contributed by atoms with van der Waals surface area (Å²) in [6, 6.07) is 9.59. The molecule has 0 aliphatic heterocycles. The topological polar surface area (TPSA) is 50.4 Å². The Kier molecular flexibility index (Phi) is 6.10. The van der Waals surface area contributed by atoms with E-state index in [-0.39, 0.29) is 5.91 Å². The van der Waals surface area contributed by atoms with Crippen LogP contribution in [0.4, 0.5) is 11.4 Å². The summed E-state index contributed by atoms with van der Waals surface area (Å²) in [5.74, 6) is 0.613. The maximum Gasteiger partial charge on any atom is 0.226 e. The van der Waals surface area contributed by atoms with Crippen molar-refractivity contribution in [2.45, 2.75) is 27.2 Å². The molecule has 0 atom stereocenters. The molecule has 0 aromatic heterocycles. The van der Waals surface area contributed by atoms with E-state index < -0.39 is 0 Å². The van der Waals surface area contributed by atoms with Crippen molar-refractivity contribution < 1.29 is 9.53 Å². The molecular weight excluding hydrogens is 324 g/mol. The zero-order valence-corrected chi connectivity index (χ0v) is 15.3. The Bertz CT molecular complexity index is 721. The van der Waals surface area contributed by atoms with E-state index in [0.717, 1.165) is 22.5 Å². The minimum atomic E-state index is -0.0165. The van der Waals surface area contributed by atoms with Gasteiger partial charge in [0.15, 0.2) is 0 Å². The van der Waals surface area contributed by atoms with Crippen molar-refractivity contribution >= 4 is 28.9 Å². The minimum absolute atomic E-state index is 0.0165. The molecule has 24 heavy (non-hydrogen) atoms. The highest BCUT2D eigenvalue weighted by Gasteiger charge is 2.08. The zero-order valence-electron chi connectivity index (χ0n) is 14.5. The van der Waals surface area contributed by atoms with Gasteiger partial charge in [-0.05, 0) is 50.1 Å². The molecule has 128 valence electrons. The van der Waals surface area contributed by atoms with Gasteiger partial charge in [0.2, 0.25) is 5.91 Å². The second-order valence-electron chi connectivity index (χ2n) is 5.85. The van der Waals surface area contributed by atoms with Crippen molar-refractivity contribution in [3.8, 4) is 5.75 Å². The highest BCUT2D eigenvalue weighted by molar-refractivity contribution is 6.32. The van der Waals surface area contributed by atoms with Gasteiger partial charge >= 0.3 is 0 Å². The van der Waals surface area contributed by atoms with E-state index in [1.54, 1.807) is 19.2 Å². The van der Waals surface area contributed by atoms with Crippen LogP contribution in [0, 0.1) is 20.8 Å². The van der Waals surface area contributed by atoms with Gasteiger partial charge in [-0.2, -0.15) is 0 Å². The Hall–Kier alpha value is -2.20. The fraction of sp³-hybridized carbons (Fsp3) is 0.316. The molecule has 0 heterocycles. The third-order valence-electron chi connectivity index (χ3n) is 3.77. The number of benzene rings is 2. The molecular formula is C19H23ClN2O2. The van der Waals surface area contributed by atoms with Gasteiger partial charge < -0.3 is 15.4 Å². The van der Waals surface area contributed by atoms with Gasteiger partial charge in [0.25, 0.3) is 0 Å². The van der Waals surface area contributed by atoms with Crippen molar-refractivity contribution in [1.82, 2.24) is 0 Å². The smallest absolute Gasteiger partial charge is 0.226 e. The van der Waals surface area contributed by atoms with Gasteiger partial charge in [-0.25, -0.2) is 0 Å². The van der Waals surface area contributed by atoms with Crippen LogP contribution in [0.25, 0.3) is 0 Å². The monoisotopic (exact) mass is 346 g/mol. The Morgan fingerprint density at radius 3 is 2.38 bits per heavy atom. The molecule has 2 aromatic rings. The summed E-state index contributed by atoms with van der Waals surface area (Å²) in [5.41, 5.74) is 5.11. The van der Waals surface area contributed by atoms with Gasteiger partial charge in [-0.3, -0.25) is 4.79 Å². The lowest BCUT2D eigenvalue weighted by Gasteiger charge is -2.13. The SMILES string of the molecule is COc1ccc(NCCC(=O)Nc2c(C)cc(C)cc2C)cc1Cl. The third kappa shape index (κ3) is 4.65. The summed E-state index contributed by atoms with van der Waals surface area (Å²) in [7, 11) is 1.58. The molecule has 0 aliphatic rings. The average molecular weight is 347 g/mol. The highest BCUT2D eigenvalue weighted by atomic mass is 35.5. The Balaban J connectivity index is 1.89. The number of rotatable bonds is 6. The number of carbonyl (C=O) groups is 1. The highest BCUT2D eigenvalue weighted by Crippen LogP contribution is 2.27.